The van der Waals surface area contributed by atoms with Gasteiger partial charge in [0, 0.05) is 18.0 Å². The molecule has 0 bridgehead atoms. The molecule has 6 heteroatoms. The minimum Gasteiger partial charge on any atom is -0.480 e. The number of azide groups is 1. The molecule has 0 amide bonds. The molecular weight excluding hydrogens is 232 g/mol. The summed E-state index contributed by atoms with van der Waals surface area (Å²) in [4.78, 5) is 14.2. The standard InChI is InChI=1S/C12H22N4O2/c1-2-10-4-3-6-12(7-5-10,11(17)18)14-8-9-15-16-13/h10,14H,2-9H2,1H3,(H,17,18). The second-order valence-electron chi connectivity index (χ2n) is 4.97. The fourth-order valence-corrected chi connectivity index (χ4v) is 2.68. The number of hydrogen-bond acceptors (Lipinski definition) is 3. The highest BCUT2D eigenvalue weighted by molar-refractivity contribution is 5.78. The van der Waals surface area contributed by atoms with Gasteiger partial charge in [0.15, 0.2) is 0 Å². The van der Waals surface area contributed by atoms with Crippen molar-refractivity contribution in [3.63, 3.8) is 0 Å². The molecule has 0 saturated heterocycles. The van der Waals surface area contributed by atoms with Gasteiger partial charge in [0.05, 0.1) is 0 Å². The number of carboxylic acids is 1. The van der Waals surface area contributed by atoms with E-state index in [0.29, 0.717) is 31.8 Å². The minimum atomic E-state index is -0.825. The third-order valence-electron chi connectivity index (χ3n) is 3.92. The van der Waals surface area contributed by atoms with Crippen LogP contribution in [0.3, 0.4) is 0 Å². The molecule has 1 aliphatic carbocycles. The topological polar surface area (TPSA) is 98.1 Å². The number of hydrogen-bond donors (Lipinski definition) is 2. The maximum atomic E-state index is 11.5. The molecule has 0 spiro atoms. The maximum absolute atomic E-state index is 11.5. The Balaban J connectivity index is 2.62. The van der Waals surface area contributed by atoms with Gasteiger partial charge in [-0.1, -0.05) is 31.3 Å². The molecular formula is C12H22N4O2. The summed E-state index contributed by atoms with van der Waals surface area (Å²) in [5.41, 5.74) is 7.38. The molecule has 1 fully saturated rings. The normalized spacial score (nSPS) is 28.2. The Labute approximate surface area is 107 Å². The second-order valence-corrected chi connectivity index (χ2v) is 4.97. The summed E-state index contributed by atoms with van der Waals surface area (Å²) in [6.45, 7) is 2.88. The number of nitrogens with one attached hydrogen (secondary N) is 1. The van der Waals surface area contributed by atoms with Crippen LogP contribution in [0.25, 0.3) is 10.4 Å². The van der Waals surface area contributed by atoms with Crippen LogP contribution in [-0.2, 0) is 4.79 Å². The highest BCUT2D eigenvalue weighted by Crippen LogP contribution is 2.32. The number of aliphatic carboxylic acids is 1. The third kappa shape index (κ3) is 3.89. The summed E-state index contributed by atoms with van der Waals surface area (Å²) in [6.07, 6.45) is 5.46. The van der Waals surface area contributed by atoms with Crippen molar-refractivity contribution in [1.29, 1.82) is 0 Å². The van der Waals surface area contributed by atoms with Crippen LogP contribution in [0.2, 0.25) is 0 Å². The minimum absolute atomic E-state index is 0.294. The van der Waals surface area contributed by atoms with E-state index in [-0.39, 0.29) is 0 Å². The molecule has 0 aromatic rings. The zero-order valence-corrected chi connectivity index (χ0v) is 10.9. The largest absolute Gasteiger partial charge is 0.480 e. The number of carbonyl (C=O) groups is 1. The molecule has 1 aliphatic rings. The molecule has 2 atom stereocenters. The van der Waals surface area contributed by atoms with E-state index in [9.17, 15) is 9.90 Å². The molecule has 0 aromatic carbocycles. The Morgan fingerprint density at radius 3 is 2.94 bits per heavy atom. The van der Waals surface area contributed by atoms with E-state index in [1.807, 2.05) is 0 Å². The molecule has 0 radical (unpaired) electrons. The summed E-state index contributed by atoms with van der Waals surface area (Å²) in [7, 11) is 0. The molecule has 102 valence electrons. The van der Waals surface area contributed by atoms with Crippen molar-refractivity contribution in [1.82, 2.24) is 5.32 Å². The van der Waals surface area contributed by atoms with E-state index >= 15 is 0 Å². The van der Waals surface area contributed by atoms with Crippen molar-refractivity contribution in [2.24, 2.45) is 11.0 Å². The van der Waals surface area contributed by atoms with Crippen LogP contribution in [0.4, 0.5) is 0 Å². The second kappa shape index (κ2) is 7.24. The molecule has 2 unspecified atom stereocenters. The van der Waals surface area contributed by atoms with E-state index in [1.165, 1.54) is 0 Å². The van der Waals surface area contributed by atoms with Crippen LogP contribution < -0.4 is 5.32 Å². The summed E-state index contributed by atoms with van der Waals surface area (Å²) in [6, 6.07) is 0. The van der Waals surface area contributed by atoms with Crippen molar-refractivity contribution in [3.8, 4) is 0 Å². The van der Waals surface area contributed by atoms with Gasteiger partial charge in [0.2, 0.25) is 0 Å². The van der Waals surface area contributed by atoms with Gasteiger partial charge in [0.25, 0.3) is 0 Å². The smallest absolute Gasteiger partial charge is 0.323 e. The monoisotopic (exact) mass is 254 g/mol. The average molecular weight is 254 g/mol. The Morgan fingerprint density at radius 1 is 1.56 bits per heavy atom. The van der Waals surface area contributed by atoms with E-state index in [4.69, 9.17) is 5.53 Å². The third-order valence-corrected chi connectivity index (χ3v) is 3.92. The molecule has 0 heterocycles. The fourth-order valence-electron chi connectivity index (χ4n) is 2.68. The van der Waals surface area contributed by atoms with Gasteiger partial charge in [-0.05, 0) is 30.7 Å². The Hall–Kier alpha value is -1.26. The van der Waals surface area contributed by atoms with Crippen LogP contribution in [0.1, 0.15) is 45.4 Å². The predicted octanol–water partition coefficient (Wildman–Crippen LogP) is 2.70. The van der Waals surface area contributed by atoms with Crippen molar-refractivity contribution in [2.75, 3.05) is 13.1 Å². The first kappa shape index (κ1) is 14.8. The van der Waals surface area contributed by atoms with E-state index in [1.54, 1.807) is 0 Å². The SMILES string of the molecule is CCC1CCCC(NCCN=[N+]=[N-])(C(=O)O)CC1. The van der Waals surface area contributed by atoms with Gasteiger partial charge in [-0.15, -0.1) is 0 Å². The van der Waals surface area contributed by atoms with Crippen molar-refractivity contribution < 1.29 is 9.90 Å². The molecule has 0 aliphatic heterocycles. The Bertz CT molecular complexity index is 328. The van der Waals surface area contributed by atoms with Crippen molar-refractivity contribution in [2.45, 2.75) is 51.0 Å². The lowest BCUT2D eigenvalue weighted by Gasteiger charge is -2.29. The zero-order valence-electron chi connectivity index (χ0n) is 10.9. The Kier molecular flexibility index (Phi) is 5.95. The molecule has 1 saturated carbocycles. The van der Waals surface area contributed by atoms with Gasteiger partial charge in [0.1, 0.15) is 5.54 Å². The highest BCUT2D eigenvalue weighted by Gasteiger charge is 2.39. The quantitative estimate of drug-likeness (QED) is 0.250. The average Bonchev–Trinajstić information content (AvgIpc) is 2.58. The summed E-state index contributed by atoms with van der Waals surface area (Å²) >= 11 is 0. The molecule has 2 N–H and O–H groups in total. The summed E-state index contributed by atoms with van der Waals surface area (Å²) in [5, 5.41) is 16.0. The lowest BCUT2D eigenvalue weighted by atomic mass is 9.89. The maximum Gasteiger partial charge on any atom is 0.323 e. The zero-order chi connectivity index (χ0) is 13.4. The van der Waals surface area contributed by atoms with Gasteiger partial charge < -0.3 is 10.4 Å². The van der Waals surface area contributed by atoms with E-state index < -0.39 is 11.5 Å². The molecule has 18 heavy (non-hydrogen) atoms. The lowest BCUT2D eigenvalue weighted by molar-refractivity contribution is -0.145. The number of nitrogens with zero attached hydrogens (tertiary/aromatic N) is 3. The molecule has 6 nitrogen and oxygen atoms in total. The van der Waals surface area contributed by atoms with Crippen molar-refractivity contribution in [3.05, 3.63) is 10.4 Å². The lowest BCUT2D eigenvalue weighted by Crippen LogP contribution is -2.52. The van der Waals surface area contributed by atoms with Crippen LogP contribution >= 0.6 is 0 Å². The molecule has 1 rings (SSSR count). The predicted molar refractivity (Wildman–Crippen MR) is 69.2 cm³/mol. The van der Waals surface area contributed by atoms with E-state index in [0.717, 1.165) is 25.7 Å². The first-order valence-electron chi connectivity index (χ1n) is 6.64. The first-order chi connectivity index (χ1) is 8.64. The first-order valence-corrected chi connectivity index (χ1v) is 6.64. The number of carboxylic acid groups (broad SMARTS) is 1. The van der Waals surface area contributed by atoms with Crippen LogP contribution in [0.5, 0.6) is 0 Å². The van der Waals surface area contributed by atoms with Gasteiger partial charge >= 0.3 is 5.97 Å². The van der Waals surface area contributed by atoms with Gasteiger partial charge in [-0.25, -0.2) is 0 Å². The van der Waals surface area contributed by atoms with Gasteiger partial charge in [-0.2, -0.15) is 0 Å². The van der Waals surface area contributed by atoms with Gasteiger partial charge in [-0.3, -0.25) is 4.79 Å². The summed E-state index contributed by atoms with van der Waals surface area (Å²) < 4.78 is 0. The summed E-state index contributed by atoms with van der Waals surface area (Å²) in [5.74, 6) is -0.134. The molecule has 0 aromatic heterocycles. The number of rotatable bonds is 6. The van der Waals surface area contributed by atoms with Crippen LogP contribution in [0, 0.1) is 5.92 Å². The van der Waals surface area contributed by atoms with Crippen LogP contribution in [0.15, 0.2) is 5.11 Å². The van der Waals surface area contributed by atoms with Crippen LogP contribution in [-0.4, -0.2) is 29.7 Å². The highest BCUT2D eigenvalue weighted by atomic mass is 16.4. The Morgan fingerprint density at radius 2 is 2.33 bits per heavy atom. The van der Waals surface area contributed by atoms with Crippen molar-refractivity contribution >= 4 is 5.97 Å². The fraction of sp³-hybridized carbons (Fsp3) is 0.917. The van der Waals surface area contributed by atoms with E-state index in [2.05, 4.69) is 22.3 Å².